The van der Waals surface area contributed by atoms with E-state index in [-0.39, 0.29) is 17.2 Å². The van der Waals surface area contributed by atoms with Gasteiger partial charge in [-0.25, -0.2) is 4.39 Å². The first-order valence-electron chi connectivity index (χ1n) is 10.1. The average Bonchev–Trinajstić information content (AvgIpc) is 3.33. The molecule has 32 heavy (non-hydrogen) atoms. The lowest BCUT2D eigenvalue weighted by atomic mass is 9.95. The number of hydrogen-bond acceptors (Lipinski definition) is 6. The second-order valence-electron chi connectivity index (χ2n) is 7.39. The maximum atomic E-state index is 13.5. The third-order valence-corrected chi connectivity index (χ3v) is 5.09. The monoisotopic (exact) mass is 436 g/mol. The van der Waals surface area contributed by atoms with E-state index in [9.17, 15) is 19.1 Å². The Hall–Kier alpha value is -3.94. The van der Waals surface area contributed by atoms with Gasteiger partial charge in [0.1, 0.15) is 23.1 Å². The molecule has 1 fully saturated rings. The molecule has 2 aromatic carbocycles. The van der Waals surface area contributed by atoms with Gasteiger partial charge in [-0.3, -0.25) is 14.5 Å². The number of hydrogen-bond donors (Lipinski definition) is 1. The van der Waals surface area contributed by atoms with Crippen molar-refractivity contribution in [3.63, 3.8) is 0 Å². The Kier molecular flexibility index (Phi) is 5.77. The minimum atomic E-state index is -1.00. The number of ether oxygens (including phenoxy) is 1. The minimum Gasteiger partial charge on any atom is -0.507 e. The van der Waals surface area contributed by atoms with Crippen LogP contribution < -0.4 is 9.64 Å². The van der Waals surface area contributed by atoms with Crippen molar-refractivity contribution in [2.24, 2.45) is 0 Å². The summed E-state index contributed by atoms with van der Waals surface area (Å²) in [6.07, 6.45) is 0.852. The second kappa shape index (κ2) is 8.66. The fourth-order valence-electron chi connectivity index (χ4n) is 3.58. The predicted molar refractivity (Wildman–Crippen MR) is 115 cm³/mol. The number of aromatic nitrogens is 1. The average molecular weight is 436 g/mol. The summed E-state index contributed by atoms with van der Waals surface area (Å²) >= 11 is 0. The van der Waals surface area contributed by atoms with Crippen molar-refractivity contribution < 1.29 is 28.3 Å². The molecule has 1 aliphatic rings. The van der Waals surface area contributed by atoms with E-state index < -0.39 is 23.5 Å². The number of ketones is 1. The quantitative estimate of drug-likeness (QED) is 0.347. The topological polar surface area (TPSA) is 92.9 Å². The number of Topliss-reactive ketones (excluding diaryl/α,β-unsaturated/α-hetero) is 1. The summed E-state index contributed by atoms with van der Waals surface area (Å²) in [5.74, 6) is -1.35. The summed E-state index contributed by atoms with van der Waals surface area (Å²) in [7, 11) is 0. The first kappa shape index (κ1) is 21.3. The fourth-order valence-corrected chi connectivity index (χ4v) is 3.58. The van der Waals surface area contributed by atoms with Crippen LogP contribution in [0, 0.1) is 12.7 Å². The molecule has 0 aliphatic carbocycles. The smallest absolute Gasteiger partial charge is 0.301 e. The van der Waals surface area contributed by atoms with Crippen LogP contribution in [0.25, 0.3) is 5.76 Å². The number of benzene rings is 2. The SMILES string of the molecule is CCCOc1ccc(C(O)=C2C(=O)C(=O)N(c3cc(C)on3)[C@@H]2c2ccc(F)cc2)cc1. The number of anilines is 1. The van der Waals surface area contributed by atoms with Gasteiger partial charge in [-0.1, -0.05) is 24.2 Å². The molecule has 1 atom stereocenters. The van der Waals surface area contributed by atoms with Crippen LogP contribution in [0.2, 0.25) is 0 Å². The summed E-state index contributed by atoms with van der Waals surface area (Å²) in [5.41, 5.74) is 0.662. The maximum absolute atomic E-state index is 13.5. The largest absolute Gasteiger partial charge is 0.507 e. The third kappa shape index (κ3) is 3.87. The lowest BCUT2D eigenvalue weighted by molar-refractivity contribution is -0.132. The Morgan fingerprint density at radius 3 is 2.44 bits per heavy atom. The standard InChI is InChI=1S/C24H21FN2O5/c1-3-12-31-18-10-6-16(7-11-18)22(28)20-21(15-4-8-17(25)9-5-15)27(24(30)23(20)29)19-13-14(2)32-26-19/h4-11,13,21,28H,3,12H2,1-2H3/t21-/m1/s1. The molecule has 3 aromatic rings. The summed E-state index contributed by atoms with van der Waals surface area (Å²) in [4.78, 5) is 27.1. The molecule has 0 saturated carbocycles. The summed E-state index contributed by atoms with van der Waals surface area (Å²) in [6.45, 7) is 4.20. The zero-order valence-electron chi connectivity index (χ0n) is 17.5. The van der Waals surface area contributed by atoms with Gasteiger partial charge < -0.3 is 14.4 Å². The zero-order chi connectivity index (χ0) is 22.8. The Morgan fingerprint density at radius 1 is 1.16 bits per heavy atom. The number of halogens is 1. The van der Waals surface area contributed by atoms with Crippen LogP contribution in [-0.4, -0.2) is 28.6 Å². The molecule has 1 N–H and O–H groups in total. The molecule has 0 unspecified atom stereocenters. The summed E-state index contributed by atoms with van der Waals surface area (Å²) in [5, 5.41) is 14.9. The minimum absolute atomic E-state index is 0.121. The van der Waals surface area contributed by atoms with Gasteiger partial charge in [-0.15, -0.1) is 0 Å². The molecule has 0 spiro atoms. The highest BCUT2D eigenvalue weighted by Gasteiger charge is 2.48. The highest BCUT2D eigenvalue weighted by molar-refractivity contribution is 6.51. The van der Waals surface area contributed by atoms with E-state index in [4.69, 9.17) is 9.26 Å². The van der Waals surface area contributed by atoms with E-state index in [1.54, 1.807) is 31.2 Å². The molecule has 0 bridgehead atoms. The van der Waals surface area contributed by atoms with Crippen LogP contribution in [0.1, 0.15) is 36.3 Å². The molecule has 164 valence electrons. The highest BCUT2D eigenvalue weighted by Crippen LogP contribution is 2.42. The molecule has 1 aromatic heterocycles. The van der Waals surface area contributed by atoms with Gasteiger partial charge in [-0.2, -0.15) is 0 Å². The van der Waals surface area contributed by atoms with Gasteiger partial charge in [0.25, 0.3) is 5.78 Å². The molecule has 1 aliphatic heterocycles. The number of amides is 1. The van der Waals surface area contributed by atoms with Crippen molar-refractivity contribution in [2.45, 2.75) is 26.3 Å². The number of aliphatic hydroxyl groups excluding tert-OH is 1. The molecule has 7 nitrogen and oxygen atoms in total. The first-order chi connectivity index (χ1) is 15.4. The highest BCUT2D eigenvalue weighted by atomic mass is 19.1. The zero-order valence-corrected chi connectivity index (χ0v) is 17.5. The van der Waals surface area contributed by atoms with Crippen LogP contribution in [0.15, 0.2) is 64.7 Å². The number of carbonyl (C=O) groups is 2. The van der Waals surface area contributed by atoms with E-state index in [1.165, 1.54) is 30.3 Å². The number of aliphatic hydroxyl groups is 1. The van der Waals surface area contributed by atoms with Crippen LogP contribution in [0.3, 0.4) is 0 Å². The van der Waals surface area contributed by atoms with Crippen LogP contribution in [-0.2, 0) is 9.59 Å². The second-order valence-corrected chi connectivity index (χ2v) is 7.39. The first-order valence-corrected chi connectivity index (χ1v) is 10.1. The van der Waals surface area contributed by atoms with Crippen LogP contribution >= 0.6 is 0 Å². The Labute approximate surface area is 183 Å². The number of carbonyl (C=O) groups excluding carboxylic acids is 2. The van der Waals surface area contributed by atoms with E-state index in [0.717, 1.165) is 11.3 Å². The van der Waals surface area contributed by atoms with E-state index in [0.29, 0.717) is 29.2 Å². The lowest BCUT2D eigenvalue weighted by Crippen LogP contribution is -2.29. The van der Waals surface area contributed by atoms with E-state index >= 15 is 0 Å². The summed E-state index contributed by atoms with van der Waals surface area (Å²) in [6, 6.07) is 12.4. The van der Waals surface area contributed by atoms with Crippen molar-refractivity contribution in [1.29, 1.82) is 0 Å². The van der Waals surface area contributed by atoms with Gasteiger partial charge in [-0.05, 0) is 55.3 Å². The van der Waals surface area contributed by atoms with Crippen molar-refractivity contribution in [3.8, 4) is 5.75 Å². The Balaban J connectivity index is 1.83. The molecule has 1 saturated heterocycles. The molecule has 8 heteroatoms. The molecule has 2 heterocycles. The summed E-state index contributed by atoms with van der Waals surface area (Å²) < 4.78 is 24.2. The van der Waals surface area contributed by atoms with Gasteiger partial charge in [0, 0.05) is 11.6 Å². The van der Waals surface area contributed by atoms with Gasteiger partial charge in [0.15, 0.2) is 5.82 Å². The maximum Gasteiger partial charge on any atom is 0.301 e. The number of rotatable bonds is 6. The number of nitrogens with zero attached hydrogens (tertiary/aromatic N) is 2. The molecule has 0 radical (unpaired) electrons. The molecule has 1 amide bonds. The van der Waals surface area contributed by atoms with Crippen LogP contribution in [0.4, 0.5) is 10.2 Å². The van der Waals surface area contributed by atoms with Crippen molar-refractivity contribution >= 4 is 23.3 Å². The van der Waals surface area contributed by atoms with Gasteiger partial charge in [0.2, 0.25) is 0 Å². The van der Waals surface area contributed by atoms with Gasteiger partial charge >= 0.3 is 5.91 Å². The molecular weight excluding hydrogens is 415 g/mol. The Bertz CT molecular complexity index is 1180. The predicted octanol–water partition coefficient (Wildman–Crippen LogP) is 4.54. The van der Waals surface area contributed by atoms with E-state index in [1.807, 2.05) is 6.92 Å². The van der Waals surface area contributed by atoms with E-state index in [2.05, 4.69) is 5.16 Å². The van der Waals surface area contributed by atoms with Crippen molar-refractivity contribution in [1.82, 2.24) is 5.16 Å². The number of aryl methyl sites for hydroxylation is 1. The molecule has 4 rings (SSSR count). The van der Waals surface area contributed by atoms with Gasteiger partial charge in [0.05, 0.1) is 18.2 Å². The normalized spacial score (nSPS) is 17.7. The fraction of sp³-hybridized carbons (Fsp3) is 0.208. The van der Waals surface area contributed by atoms with Crippen LogP contribution in [0.5, 0.6) is 5.75 Å². The third-order valence-electron chi connectivity index (χ3n) is 5.09. The van der Waals surface area contributed by atoms with Crippen molar-refractivity contribution in [2.75, 3.05) is 11.5 Å². The van der Waals surface area contributed by atoms with Crippen molar-refractivity contribution in [3.05, 3.63) is 82.9 Å². The Morgan fingerprint density at radius 2 is 1.84 bits per heavy atom. The lowest BCUT2D eigenvalue weighted by Gasteiger charge is -2.22. The molecular formula is C24H21FN2O5.